The topological polar surface area (TPSA) is 52.7 Å². The molecule has 0 spiro atoms. The van der Waals surface area contributed by atoms with E-state index in [1.54, 1.807) is 0 Å². The second-order valence-corrected chi connectivity index (χ2v) is 6.87. The predicted octanol–water partition coefficient (Wildman–Crippen LogP) is 2.45. The third-order valence-corrected chi connectivity index (χ3v) is 4.87. The Balaban J connectivity index is 1.48. The highest BCUT2D eigenvalue weighted by molar-refractivity contribution is 5.31. The van der Waals surface area contributed by atoms with Gasteiger partial charge in [-0.3, -0.25) is 9.80 Å². The Bertz CT molecular complexity index is 675. The summed E-state index contributed by atoms with van der Waals surface area (Å²) in [5.41, 5.74) is 4.51. The Kier molecular flexibility index (Phi) is 5.33. The Morgan fingerprint density at radius 1 is 1.04 bits per heavy atom. The monoisotopic (exact) mass is 329 g/mol. The molecule has 1 aromatic carbocycles. The summed E-state index contributed by atoms with van der Waals surface area (Å²) in [7, 11) is 0. The first kappa shape index (κ1) is 17.1. The van der Waals surface area contributed by atoms with Crippen LogP contribution in [0.5, 0.6) is 0 Å². The summed E-state index contributed by atoms with van der Waals surface area (Å²) in [6.45, 7) is 11.6. The SMILES string of the molecule is Cc1cc(CN2CCN(C[C@H](O)c3ccc(C)c(C)c3)CC2)no1. The molecule has 0 radical (unpaired) electrons. The standard InChI is InChI=1S/C19H27N3O2/c1-14-4-5-17(10-15(14)2)19(23)13-22-8-6-21(7-9-22)12-18-11-16(3)24-20-18/h4-5,10-11,19,23H,6-9,12-13H2,1-3H3/t19-/m0/s1. The minimum Gasteiger partial charge on any atom is -0.387 e. The van der Waals surface area contributed by atoms with Crippen molar-refractivity contribution in [2.45, 2.75) is 33.4 Å². The van der Waals surface area contributed by atoms with Crippen molar-refractivity contribution in [1.82, 2.24) is 15.0 Å². The first-order chi connectivity index (χ1) is 11.5. The lowest BCUT2D eigenvalue weighted by Crippen LogP contribution is -2.47. The van der Waals surface area contributed by atoms with Gasteiger partial charge in [-0.15, -0.1) is 0 Å². The zero-order chi connectivity index (χ0) is 17.1. The van der Waals surface area contributed by atoms with Gasteiger partial charge in [-0.1, -0.05) is 23.4 Å². The molecule has 1 aliphatic heterocycles. The van der Waals surface area contributed by atoms with Gasteiger partial charge in [-0.2, -0.15) is 0 Å². The van der Waals surface area contributed by atoms with E-state index in [1.807, 2.05) is 19.1 Å². The number of aliphatic hydroxyl groups is 1. The average Bonchev–Trinajstić information content (AvgIpc) is 2.97. The maximum Gasteiger partial charge on any atom is 0.133 e. The van der Waals surface area contributed by atoms with Gasteiger partial charge in [0.1, 0.15) is 5.76 Å². The molecule has 3 rings (SSSR count). The van der Waals surface area contributed by atoms with Crippen LogP contribution >= 0.6 is 0 Å². The lowest BCUT2D eigenvalue weighted by atomic mass is 10.0. The van der Waals surface area contributed by atoms with Crippen LogP contribution in [0.1, 0.15) is 34.2 Å². The fraction of sp³-hybridized carbons (Fsp3) is 0.526. The molecule has 0 unspecified atom stereocenters. The first-order valence-electron chi connectivity index (χ1n) is 8.63. The quantitative estimate of drug-likeness (QED) is 0.913. The van der Waals surface area contributed by atoms with Crippen molar-refractivity contribution in [2.75, 3.05) is 32.7 Å². The van der Waals surface area contributed by atoms with Gasteiger partial charge in [0.25, 0.3) is 0 Å². The molecule has 0 bridgehead atoms. The van der Waals surface area contributed by atoms with Gasteiger partial charge >= 0.3 is 0 Å². The van der Waals surface area contributed by atoms with Crippen molar-refractivity contribution in [3.8, 4) is 0 Å². The van der Waals surface area contributed by atoms with Crippen molar-refractivity contribution in [1.29, 1.82) is 0 Å². The van der Waals surface area contributed by atoms with Crippen LogP contribution < -0.4 is 0 Å². The molecular formula is C19H27N3O2. The third kappa shape index (κ3) is 4.23. The number of benzene rings is 1. The van der Waals surface area contributed by atoms with Gasteiger partial charge < -0.3 is 9.63 Å². The van der Waals surface area contributed by atoms with Gasteiger partial charge in [-0.25, -0.2) is 0 Å². The summed E-state index contributed by atoms with van der Waals surface area (Å²) in [6, 6.07) is 8.22. The van der Waals surface area contributed by atoms with E-state index in [9.17, 15) is 5.11 Å². The molecule has 0 amide bonds. The maximum atomic E-state index is 10.5. The number of rotatable bonds is 5. The van der Waals surface area contributed by atoms with Crippen molar-refractivity contribution >= 4 is 0 Å². The number of hydrogen-bond acceptors (Lipinski definition) is 5. The highest BCUT2D eigenvalue weighted by Gasteiger charge is 2.21. The first-order valence-corrected chi connectivity index (χ1v) is 8.63. The van der Waals surface area contributed by atoms with E-state index in [1.165, 1.54) is 11.1 Å². The summed E-state index contributed by atoms with van der Waals surface area (Å²) >= 11 is 0. The number of β-amino-alcohol motifs (C(OH)–C–C–N with tert-alkyl or cyclic N) is 1. The molecule has 1 N–H and O–H groups in total. The minimum atomic E-state index is -0.422. The average molecular weight is 329 g/mol. The van der Waals surface area contributed by atoms with E-state index in [2.05, 4.69) is 40.9 Å². The molecule has 24 heavy (non-hydrogen) atoms. The van der Waals surface area contributed by atoms with Crippen LogP contribution in [0.25, 0.3) is 0 Å². The molecule has 2 heterocycles. The fourth-order valence-corrected chi connectivity index (χ4v) is 3.17. The molecule has 1 aromatic heterocycles. The number of hydrogen-bond donors (Lipinski definition) is 1. The molecular weight excluding hydrogens is 302 g/mol. The molecule has 1 fully saturated rings. The Morgan fingerprint density at radius 2 is 1.75 bits per heavy atom. The zero-order valence-electron chi connectivity index (χ0n) is 14.8. The van der Waals surface area contributed by atoms with Crippen LogP contribution in [0.15, 0.2) is 28.8 Å². The summed E-state index contributed by atoms with van der Waals surface area (Å²) < 4.78 is 5.13. The molecule has 0 saturated carbocycles. The van der Waals surface area contributed by atoms with Crippen LogP contribution in [0.4, 0.5) is 0 Å². The van der Waals surface area contributed by atoms with Gasteiger partial charge in [-0.05, 0) is 37.5 Å². The second kappa shape index (κ2) is 7.47. The van der Waals surface area contributed by atoms with Crippen LogP contribution in [-0.4, -0.2) is 52.8 Å². The molecule has 0 aliphatic carbocycles. The van der Waals surface area contributed by atoms with Gasteiger partial charge in [0.2, 0.25) is 0 Å². The van der Waals surface area contributed by atoms with Crippen LogP contribution in [0, 0.1) is 20.8 Å². The summed E-state index contributed by atoms with van der Waals surface area (Å²) in [5.74, 6) is 0.861. The minimum absolute atomic E-state index is 0.422. The normalized spacial score (nSPS) is 18.0. The Labute approximate surface area is 143 Å². The number of nitrogens with zero attached hydrogens (tertiary/aromatic N) is 3. The predicted molar refractivity (Wildman–Crippen MR) is 93.8 cm³/mol. The van der Waals surface area contributed by atoms with E-state index in [4.69, 9.17) is 4.52 Å². The largest absolute Gasteiger partial charge is 0.387 e. The second-order valence-electron chi connectivity index (χ2n) is 6.87. The van der Waals surface area contributed by atoms with Gasteiger partial charge in [0.15, 0.2) is 0 Å². The maximum absolute atomic E-state index is 10.5. The summed E-state index contributed by atoms with van der Waals surface area (Å²) in [6.07, 6.45) is -0.422. The number of aromatic nitrogens is 1. The smallest absolute Gasteiger partial charge is 0.133 e. The highest BCUT2D eigenvalue weighted by atomic mass is 16.5. The molecule has 1 saturated heterocycles. The van der Waals surface area contributed by atoms with E-state index in [0.717, 1.165) is 49.7 Å². The zero-order valence-corrected chi connectivity index (χ0v) is 14.8. The van der Waals surface area contributed by atoms with E-state index in [-0.39, 0.29) is 0 Å². The van der Waals surface area contributed by atoms with E-state index < -0.39 is 6.10 Å². The molecule has 5 nitrogen and oxygen atoms in total. The van der Waals surface area contributed by atoms with Crippen molar-refractivity contribution in [2.24, 2.45) is 0 Å². The molecule has 130 valence electrons. The number of aryl methyl sites for hydroxylation is 3. The molecule has 1 atom stereocenters. The van der Waals surface area contributed by atoms with Gasteiger partial charge in [0.05, 0.1) is 11.8 Å². The van der Waals surface area contributed by atoms with E-state index in [0.29, 0.717) is 6.54 Å². The highest BCUT2D eigenvalue weighted by Crippen LogP contribution is 2.19. The lowest BCUT2D eigenvalue weighted by molar-refractivity contribution is 0.0693. The number of aliphatic hydroxyl groups excluding tert-OH is 1. The molecule has 5 heteroatoms. The van der Waals surface area contributed by atoms with Crippen molar-refractivity contribution in [3.05, 3.63) is 52.4 Å². The molecule has 1 aliphatic rings. The fourth-order valence-electron chi connectivity index (χ4n) is 3.17. The van der Waals surface area contributed by atoms with Crippen molar-refractivity contribution in [3.63, 3.8) is 0 Å². The number of piperazine rings is 1. The lowest BCUT2D eigenvalue weighted by Gasteiger charge is -2.35. The Morgan fingerprint density at radius 3 is 2.38 bits per heavy atom. The summed E-state index contributed by atoms with van der Waals surface area (Å²) in [4.78, 5) is 4.72. The van der Waals surface area contributed by atoms with E-state index >= 15 is 0 Å². The molecule has 2 aromatic rings. The van der Waals surface area contributed by atoms with Crippen LogP contribution in [0.3, 0.4) is 0 Å². The van der Waals surface area contributed by atoms with Crippen LogP contribution in [0.2, 0.25) is 0 Å². The third-order valence-electron chi connectivity index (χ3n) is 4.87. The summed E-state index contributed by atoms with van der Waals surface area (Å²) in [5, 5.41) is 14.6. The van der Waals surface area contributed by atoms with Crippen molar-refractivity contribution < 1.29 is 9.63 Å². The van der Waals surface area contributed by atoms with Crippen LogP contribution in [-0.2, 0) is 6.54 Å². The Hall–Kier alpha value is -1.69. The van der Waals surface area contributed by atoms with Gasteiger partial charge in [0, 0.05) is 45.3 Å².